The molecule has 0 spiro atoms. The molecule has 0 bridgehead atoms. The summed E-state index contributed by atoms with van der Waals surface area (Å²) in [5.41, 5.74) is 1.90. The van der Waals surface area contributed by atoms with E-state index in [1.807, 2.05) is 0 Å². The highest BCUT2D eigenvalue weighted by molar-refractivity contribution is 5.24. The lowest BCUT2D eigenvalue weighted by Crippen LogP contribution is -2.54. The van der Waals surface area contributed by atoms with E-state index >= 15 is 0 Å². The average molecular weight is 304 g/mol. The number of fused-ring (bicyclic) bond motifs is 5. The van der Waals surface area contributed by atoms with Crippen LogP contribution in [0.2, 0.25) is 0 Å². The highest BCUT2D eigenvalue weighted by Gasteiger charge is 2.60. The Balaban J connectivity index is 1.70. The van der Waals surface area contributed by atoms with Gasteiger partial charge in [0.1, 0.15) is 0 Å². The van der Waals surface area contributed by atoms with Crippen LogP contribution in [-0.2, 0) is 0 Å². The second-order valence-electron chi connectivity index (χ2n) is 9.22. The van der Waals surface area contributed by atoms with Crippen LogP contribution in [0.5, 0.6) is 0 Å². The van der Waals surface area contributed by atoms with Crippen molar-refractivity contribution >= 4 is 0 Å². The van der Waals surface area contributed by atoms with Crippen molar-refractivity contribution in [1.82, 2.24) is 0 Å². The summed E-state index contributed by atoms with van der Waals surface area (Å²) in [6, 6.07) is 0. The van der Waals surface area contributed by atoms with E-state index in [2.05, 4.69) is 26.8 Å². The van der Waals surface area contributed by atoms with Gasteiger partial charge >= 0.3 is 0 Å². The van der Waals surface area contributed by atoms with E-state index in [0.717, 1.165) is 30.6 Å². The number of rotatable bonds is 0. The maximum atomic E-state index is 10.5. The van der Waals surface area contributed by atoms with Crippen LogP contribution in [0, 0.1) is 34.5 Å². The van der Waals surface area contributed by atoms with Gasteiger partial charge in [0.05, 0.1) is 12.2 Å². The van der Waals surface area contributed by atoms with Crippen LogP contribution >= 0.6 is 0 Å². The van der Waals surface area contributed by atoms with Gasteiger partial charge in [-0.05, 0) is 86.4 Å². The van der Waals surface area contributed by atoms with Gasteiger partial charge in [-0.1, -0.05) is 25.5 Å². The molecule has 0 aromatic carbocycles. The Labute approximate surface area is 135 Å². The largest absolute Gasteiger partial charge is 0.393 e. The zero-order chi connectivity index (χ0) is 15.7. The number of aliphatic hydroxyl groups is 2. The predicted octanol–water partition coefficient (Wildman–Crippen LogP) is 3.92. The number of hydrogen-bond acceptors (Lipinski definition) is 2. The van der Waals surface area contributed by atoms with Crippen LogP contribution < -0.4 is 0 Å². The van der Waals surface area contributed by atoms with Crippen LogP contribution in [-0.4, -0.2) is 22.4 Å². The molecule has 2 heteroatoms. The molecule has 0 heterocycles. The van der Waals surface area contributed by atoms with E-state index in [1.54, 1.807) is 0 Å². The van der Waals surface area contributed by atoms with Crippen LogP contribution in [0.1, 0.15) is 65.7 Å². The van der Waals surface area contributed by atoms with Gasteiger partial charge in [-0.3, -0.25) is 0 Å². The van der Waals surface area contributed by atoms with Crippen LogP contribution in [0.25, 0.3) is 0 Å². The molecule has 3 saturated carbocycles. The smallest absolute Gasteiger partial charge is 0.0726 e. The zero-order valence-electron chi connectivity index (χ0n) is 14.4. The first-order valence-corrected chi connectivity index (χ1v) is 9.42. The Bertz CT molecular complexity index is 498. The quantitative estimate of drug-likeness (QED) is 0.666. The molecule has 4 aliphatic carbocycles. The van der Waals surface area contributed by atoms with Gasteiger partial charge in [0.25, 0.3) is 0 Å². The SMILES string of the molecule is CC1=CC(O)CC2CCC3C4CCC(O)C4(C)CCC3C12C. The Morgan fingerprint density at radius 2 is 1.77 bits per heavy atom. The summed E-state index contributed by atoms with van der Waals surface area (Å²) in [7, 11) is 0. The highest BCUT2D eigenvalue weighted by atomic mass is 16.3. The molecule has 8 unspecified atom stereocenters. The zero-order valence-corrected chi connectivity index (χ0v) is 14.4. The van der Waals surface area contributed by atoms with Crippen molar-refractivity contribution in [3.8, 4) is 0 Å². The maximum Gasteiger partial charge on any atom is 0.0726 e. The second-order valence-corrected chi connectivity index (χ2v) is 9.22. The molecule has 0 radical (unpaired) electrons. The summed E-state index contributed by atoms with van der Waals surface area (Å²) in [6.07, 6.45) is 10.1. The minimum Gasteiger partial charge on any atom is -0.393 e. The average Bonchev–Trinajstić information content (AvgIpc) is 2.77. The molecule has 0 amide bonds. The Kier molecular flexibility index (Phi) is 3.34. The van der Waals surface area contributed by atoms with Crippen LogP contribution in [0.3, 0.4) is 0 Å². The summed E-state index contributed by atoms with van der Waals surface area (Å²) in [5.74, 6) is 2.93. The molecule has 3 fully saturated rings. The van der Waals surface area contributed by atoms with Gasteiger partial charge in [-0.2, -0.15) is 0 Å². The topological polar surface area (TPSA) is 40.5 Å². The van der Waals surface area contributed by atoms with E-state index in [0.29, 0.717) is 5.92 Å². The molecule has 124 valence electrons. The summed E-state index contributed by atoms with van der Waals surface area (Å²) in [4.78, 5) is 0. The van der Waals surface area contributed by atoms with E-state index < -0.39 is 0 Å². The summed E-state index contributed by atoms with van der Waals surface area (Å²) in [5, 5.41) is 20.7. The van der Waals surface area contributed by atoms with Crippen molar-refractivity contribution in [2.45, 2.75) is 77.9 Å². The molecule has 0 saturated heterocycles. The van der Waals surface area contributed by atoms with Crippen molar-refractivity contribution < 1.29 is 10.2 Å². The van der Waals surface area contributed by atoms with Gasteiger partial charge in [0.15, 0.2) is 0 Å². The molecule has 2 N–H and O–H groups in total. The highest BCUT2D eigenvalue weighted by Crippen LogP contribution is 2.66. The van der Waals surface area contributed by atoms with Crippen molar-refractivity contribution in [2.24, 2.45) is 34.5 Å². The first-order chi connectivity index (χ1) is 10.4. The minimum absolute atomic E-state index is 0.0752. The van der Waals surface area contributed by atoms with Crippen molar-refractivity contribution in [1.29, 1.82) is 0 Å². The third-order valence-corrected chi connectivity index (χ3v) is 8.67. The molecule has 4 aliphatic rings. The van der Waals surface area contributed by atoms with Gasteiger partial charge in [0.2, 0.25) is 0 Å². The fraction of sp³-hybridized carbons (Fsp3) is 0.900. The lowest BCUT2D eigenvalue weighted by atomic mass is 9.45. The third-order valence-electron chi connectivity index (χ3n) is 8.67. The predicted molar refractivity (Wildman–Crippen MR) is 88.3 cm³/mol. The fourth-order valence-corrected chi connectivity index (χ4v) is 7.21. The normalized spacial score (nSPS) is 57.6. The first kappa shape index (κ1) is 15.2. The standard InChI is InChI=1S/C20H32O2/c1-12-10-14(21)11-13-4-5-15-16-6-7-18(22)19(16,2)9-8-17(15)20(12,13)3/h10,13-18,21-22H,4-9,11H2,1-3H3. The van der Waals surface area contributed by atoms with Gasteiger partial charge in [-0.15, -0.1) is 0 Å². The molecule has 0 aromatic rings. The molecule has 22 heavy (non-hydrogen) atoms. The lowest BCUT2D eigenvalue weighted by molar-refractivity contribution is -0.104. The van der Waals surface area contributed by atoms with Gasteiger partial charge in [-0.25, -0.2) is 0 Å². The van der Waals surface area contributed by atoms with E-state index in [9.17, 15) is 10.2 Å². The lowest BCUT2D eigenvalue weighted by Gasteiger charge is -2.60. The molecule has 8 atom stereocenters. The molecular formula is C20H32O2. The maximum absolute atomic E-state index is 10.5. The van der Waals surface area contributed by atoms with Crippen molar-refractivity contribution in [3.63, 3.8) is 0 Å². The summed E-state index contributed by atoms with van der Waals surface area (Å²) in [6.45, 7) is 7.10. The fourth-order valence-electron chi connectivity index (χ4n) is 7.21. The van der Waals surface area contributed by atoms with Crippen molar-refractivity contribution in [3.05, 3.63) is 11.6 Å². The van der Waals surface area contributed by atoms with Gasteiger partial charge < -0.3 is 10.2 Å². The molecule has 4 rings (SSSR count). The van der Waals surface area contributed by atoms with Gasteiger partial charge in [0, 0.05) is 0 Å². The molecule has 0 aliphatic heterocycles. The van der Waals surface area contributed by atoms with Crippen LogP contribution in [0.15, 0.2) is 11.6 Å². The Morgan fingerprint density at radius 3 is 2.55 bits per heavy atom. The number of aliphatic hydroxyl groups excluding tert-OH is 2. The van der Waals surface area contributed by atoms with E-state index in [1.165, 1.54) is 37.7 Å². The van der Waals surface area contributed by atoms with Crippen LogP contribution in [0.4, 0.5) is 0 Å². The summed E-state index contributed by atoms with van der Waals surface area (Å²) >= 11 is 0. The van der Waals surface area contributed by atoms with E-state index in [4.69, 9.17) is 0 Å². The monoisotopic (exact) mass is 304 g/mol. The minimum atomic E-state index is -0.225. The Morgan fingerprint density at radius 1 is 1.00 bits per heavy atom. The molecule has 0 aromatic heterocycles. The second kappa shape index (κ2) is 4.83. The van der Waals surface area contributed by atoms with E-state index in [-0.39, 0.29) is 23.0 Å². The summed E-state index contributed by atoms with van der Waals surface area (Å²) < 4.78 is 0. The first-order valence-electron chi connectivity index (χ1n) is 9.42. The third kappa shape index (κ3) is 1.80. The molecule has 2 nitrogen and oxygen atoms in total. The number of hydrogen-bond donors (Lipinski definition) is 2. The molecular weight excluding hydrogens is 272 g/mol. The van der Waals surface area contributed by atoms with Crippen molar-refractivity contribution in [2.75, 3.05) is 0 Å². The Hall–Kier alpha value is -0.340. The number of allylic oxidation sites excluding steroid dienone is 1.